The molecule has 0 radical (unpaired) electrons. The molecule has 0 aliphatic heterocycles. The van der Waals surface area contributed by atoms with E-state index < -0.39 is 35.1 Å². The second kappa shape index (κ2) is 14.5. The molecular formula is C29H39N7O6S. The van der Waals surface area contributed by atoms with Crippen LogP contribution >= 0.6 is 11.5 Å². The van der Waals surface area contributed by atoms with E-state index in [1.54, 1.807) is 13.0 Å². The van der Waals surface area contributed by atoms with E-state index in [4.69, 9.17) is 0 Å². The third kappa shape index (κ3) is 7.92. The first-order valence-corrected chi connectivity index (χ1v) is 15.5. The van der Waals surface area contributed by atoms with Gasteiger partial charge in [-0.25, -0.2) is 0 Å². The van der Waals surface area contributed by atoms with E-state index in [2.05, 4.69) is 37.8 Å². The third-order valence-corrected chi connectivity index (χ3v) is 9.38. The fourth-order valence-corrected chi connectivity index (χ4v) is 6.82. The molecule has 2 fully saturated rings. The zero-order chi connectivity index (χ0) is 31.1. The van der Waals surface area contributed by atoms with Crippen LogP contribution in [-0.4, -0.2) is 62.7 Å². The monoisotopic (exact) mass is 613 g/mol. The number of aromatic nitrogens is 3. The molecule has 0 saturated heterocycles. The lowest BCUT2D eigenvalue weighted by Crippen LogP contribution is -2.52. The van der Waals surface area contributed by atoms with Crippen molar-refractivity contribution < 1.29 is 24.0 Å². The number of anilines is 1. The Bertz CT molecular complexity index is 1410. The van der Waals surface area contributed by atoms with Crippen LogP contribution in [0.4, 0.5) is 5.69 Å². The summed E-state index contributed by atoms with van der Waals surface area (Å²) in [5.41, 5.74) is -0.308. The number of amides is 4. The first kappa shape index (κ1) is 32.0. The zero-order valence-corrected chi connectivity index (χ0v) is 25.5. The molecule has 14 heteroatoms. The molecule has 2 aromatic rings. The molecule has 4 N–H and O–H groups in total. The molecule has 13 nitrogen and oxygen atoms in total. The van der Waals surface area contributed by atoms with Crippen LogP contribution in [0.15, 0.2) is 23.1 Å². The van der Waals surface area contributed by atoms with E-state index in [9.17, 15) is 28.8 Å². The van der Waals surface area contributed by atoms with Crippen molar-refractivity contribution in [2.75, 3.05) is 12.4 Å². The molecule has 2 aliphatic rings. The minimum Gasteiger partial charge on any atom is -0.353 e. The van der Waals surface area contributed by atoms with E-state index in [0.717, 1.165) is 43.6 Å². The van der Waals surface area contributed by atoms with Gasteiger partial charge in [-0.05, 0) is 80.4 Å². The molecule has 4 rings (SSSR count). The summed E-state index contributed by atoms with van der Waals surface area (Å²) in [7, 11) is 1.31. The van der Waals surface area contributed by atoms with Crippen LogP contribution in [0.1, 0.15) is 73.7 Å². The Kier molecular flexibility index (Phi) is 10.8. The number of Topliss-reactive ketones (excluding diaryl/α,β-unsaturated/α-hetero) is 1. The Morgan fingerprint density at radius 1 is 1.14 bits per heavy atom. The number of fused-ring (bicyclic) bond motifs is 2. The van der Waals surface area contributed by atoms with E-state index >= 15 is 0 Å². The quantitative estimate of drug-likeness (QED) is 0.260. The molecule has 0 spiro atoms. The van der Waals surface area contributed by atoms with Crippen LogP contribution in [-0.2, 0) is 25.7 Å². The van der Waals surface area contributed by atoms with Crippen molar-refractivity contribution in [1.82, 2.24) is 30.1 Å². The Morgan fingerprint density at radius 2 is 1.86 bits per heavy atom. The molecule has 2 heterocycles. The summed E-state index contributed by atoms with van der Waals surface area (Å²) in [4.78, 5) is 76.4. The fraction of sp³-hybridized carbons (Fsp3) is 0.586. The van der Waals surface area contributed by atoms with Crippen molar-refractivity contribution in [2.45, 2.75) is 83.8 Å². The van der Waals surface area contributed by atoms with Gasteiger partial charge in [-0.1, -0.05) is 24.3 Å². The maximum atomic E-state index is 13.3. The van der Waals surface area contributed by atoms with Gasteiger partial charge in [0.1, 0.15) is 23.2 Å². The number of hydrogen-bond acceptors (Lipinski definition) is 9. The molecule has 2 aromatic heterocycles. The van der Waals surface area contributed by atoms with Crippen LogP contribution in [0.5, 0.6) is 0 Å². The number of nitrogens with zero attached hydrogens (tertiary/aromatic N) is 3. The number of pyridine rings is 1. The molecule has 0 aromatic carbocycles. The number of carbonyl (C=O) groups is 5. The number of carbonyl (C=O) groups excluding carboxylic acids is 5. The number of ketones is 1. The minimum atomic E-state index is -1.25. The Balaban J connectivity index is 1.43. The van der Waals surface area contributed by atoms with Crippen molar-refractivity contribution in [3.8, 4) is 0 Å². The largest absolute Gasteiger partial charge is 0.353 e. The minimum absolute atomic E-state index is 0.0897. The summed E-state index contributed by atoms with van der Waals surface area (Å²) in [5, 5.41) is 14.3. The molecule has 2 saturated carbocycles. The number of hydrogen-bond donors (Lipinski definition) is 4. The first-order valence-electron chi connectivity index (χ1n) is 14.8. The SMILES string of the molecule is CCC1CC2CCCC(C1)C2NC(=O)Cn1cccc(NC(=O)[C@H](CCC(=O)C(=O)NC)NC(=O)c2snnc2C)c1=O. The van der Waals surface area contributed by atoms with Gasteiger partial charge in [0.05, 0.1) is 5.69 Å². The van der Waals surface area contributed by atoms with Gasteiger partial charge in [0.25, 0.3) is 17.4 Å². The van der Waals surface area contributed by atoms with Gasteiger partial charge in [-0.3, -0.25) is 28.8 Å². The molecule has 2 bridgehead atoms. The third-order valence-electron chi connectivity index (χ3n) is 8.55. The lowest BCUT2D eigenvalue weighted by Gasteiger charge is -2.46. The molecule has 232 valence electrons. The number of aryl methyl sites for hydroxylation is 1. The smallest absolute Gasteiger partial charge is 0.287 e. The van der Waals surface area contributed by atoms with Gasteiger partial charge in [-0.2, -0.15) is 0 Å². The molecule has 2 aliphatic carbocycles. The van der Waals surface area contributed by atoms with Crippen molar-refractivity contribution in [3.63, 3.8) is 0 Å². The highest BCUT2D eigenvalue weighted by Crippen LogP contribution is 2.43. The molecule has 4 amide bonds. The van der Waals surface area contributed by atoms with Gasteiger partial charge in [0, 0.05) is 25.7 Å². The van der Waals surface area contributed by atoms with Crippen molar-refractivity contribution in [1.29, 1.82) is 0 Å². The fourth-order valence-electron chi connectivity index (χ4n) is 6.26. The lowest BCUT2D eigenvalue weighted by atomic mass is 9.64. The molecule has 43 heavy (non-hydrogen) atoms. The van der Waals surface area contributed by atoms with Crippen LogP contribution < -0.4 is 26.8 Å². The van der Waals surface area contributed by atoms with Gasteiger partial charge >= 0.3 is 0 Å². The zero-order valence-electron chi connectivity index (χ0n) is 24.7. The van der Waals surface area contributed by atoms with Crippen molar-refractivity contribution in [2.24, 2.45) is 17.8 Å². The topological polar surface area (TPSA) is 181 Å². The van der Waals surface area contributed by atoms with Crippen molar-refractivity contribution in [3.05, 3.63) is 39.3 Å². The maximum Gasteiger partial charge on any atom is 0.287 e. The summed E-state index contributed by atoms with van der Waals surface area (Å²) in [5.74, 6) is -1.61. The van der Waals surface area contributed by atoms with Crippen LogP contribution in [0, 0.1) is 24.7 Å². The van der Waals surface area contributed by atoms with Gasteiger partial charge in [0.15, 0.2) is 0 Å². The van der Waals surface area contributed by atoms with Crippen LogP contribution in [0.2, 0.25) is 0 Å². The maximum absolute atomic E-state index is 13.3. The van der Waals surface area contributed by atoms with Crippen LogP contribution in [0.25, 0.3) is 0 Å². The van der Waals surface area contributed by atoms with E-state index in [1.807, 2.05) is 0 Å². The average Bonchev–Trinajstić information content (AvgIpc) is 3.42. The summed E-state index contributed by atoms with van der Waals surface area (Å²) >= 11 is 0.850. The number of rotatable bonds is 12. The van der Waals surface area contributed by atoms with Crippen molar-refractivity contribution >= 4 is 46.6 Å². The Labute approximate surface area is 253 Å². The van der Waals surface area contributed by atoms with Crippen LogP contribution in [0.3, 0.4) is 0 Å². The van der Waals surface area contributed by atoms with E-state index in [-0.39, 0.29) is 41.9 Å². The summed E-state index contributed by atoms with van der Waals surface area (Å²) < 4.78 is 4.95. The summed E-state index contributed by atoms with van der Waals surface area (Å²) in [6.07, 6.45) is 7.74. The van der Waals surface area contributed by atoms with Gasteiger partial charge < -0.3 is 25.8 Å². The highest BCUT2D eigenvalue weighted by Gasteiger charge is 2.40. The summed E-state index contributed by atoms with van der Waals surface area (Å²) in [6, 6.07) is 1.80. The second-order valence-corrected chi connectivity index (χ2v) is 12.1. The predicted molar refractivity (Wildman–Crippen MR) is 159 cm³/mol. The molecular weight excluding hydrogens is 574 g/mol. The number of likely N-dealkylation sites (N-methyl/N-ethyl adjacent to an activating group) is 1. The Morgan fingerprint density at radius 3 is 2.49 bits per heavy atom. The highest BCUT2D eigenvalue weighted by molar-refractivity contribution is 7.08. The standard InChI is InChI=1S/C29H39N7O6S/c1-4-17-13-18-7-5-8-19(14-17)24(18)33-23(38)15-36-12-6-9-21(29(36)42)32-26(39)20(10-11-22(37)27(40)30-3)31-28(41)25-16(2)34-35-43-25/h6,9,12,17-20,24H,4-5,7-8,10-11,13-15H2,1-3H3,(H,30,40)(H,31,41)(H,32,39)(H,33,38)/t17?,18?,19?,20-,24?/m0/s1. The predicted octanol–water partition coefficient (Wildman–Crippen LogP) is 1.56. The number of nitrogens with one attached hydrogen (secondary N) is 4. The van der Waals surface area contributed by atoms with E-state index in [1.165, 1.54) is 30.3 Å². The summed E-state index contributed by atoms with van der Waals surface area (Å²) in [6.45, 7) is 3.61. The first-order chi connectivity index (χ1) is 20.6. The van der Waals surface area contributed by atoms with E-state index in [0.29, 0.717) is 23.4 Å². The second-order valence-electron chi connectivity index (χ2n) is 11.4. The Hall–Kier alpha value is -3.94. The normalized spacial score (nSPS) is 21.7. The van der Waals surface area contributed by atoms with Gasteiger partial charge in [0.2, 0.25) is 17.6 Å². The highest BCUT2D eigenvalue weighted by atomic mass is 32.1. The average molecular weight is 614 g/mol. The molecule has 3 atom stereocenters. The lowest BCUT2D eigenvalue weighted by molar-refractivity contribution is -0.137. The molecule has 2 unspecified atom stereocenters. The van der Waals surface area contributed by atoms with Gasteiger partial charge in [-0.15, -0.1) is 5.10 Å².